The SMILES string of the molecule is NCCCN(Cc1ccccc1)C(=O)CCn1cnc2sccc2c1=O. The maximum atomic E-state index is 12.7. The zero-order valence-electron chi connectivity index (χ0n) is 14.5. The summed E-state index contributed by atoms with van der Waals surface area (Å²) in [5.41, 5.74) is 6.59. The van der Waals surface area contributed by atoms with Gasteiger partial charge >= 0.3 is 0 Å². The highest BCUT2D eigenvalue weighted by molar-refractivity contribution is 7.16. The Kier molecular flexibility index (Phi) is 6.14. The summed E-state index contributed by atoms with van der Waals surface area (Å²) in [5.74, 6) is 0.0135. The minimum Gasteiger partial charge on any atom is -0.338 e. The lowest BCUT2D eigenvalue weighted by molar-refractivity contribution is -0.132. The van der Waals surface area contributed by atoms with E-state index in [0.717, 1.165) is 16.8 Å². The molecule has 6 nitrogen and oxygen atoms in total. The highest BCUT2D eigenvalue weighted by Crippen LogP contribution is 2.13. The van der Waals surface area contributed by atoms with E-state index in [1.54, 1.807) is 6.07 Å². The highest BCUT2D eigenvalue weighted by atomic mass is 32.1. The van der Waals surface area contributed by atoms with Crippen LogP contribution >= 0.6 is 11.3 Å². The molecule has 3 aromatic rings. The van der Waals surface area contributed by atoms with Crippen molar-refractivity contribution in [3.8, 4) is 0 Å². The van der Waals surface area contributed by atoms with Crippen molar-refractivity contribution in [2.75, 3.05) is 13.1 Å². The smallest absolute Gasteiger partial charge is 0.262 e. The molecule has 136 valence electrons. The van der Waals surface area contributed by atoms with Crippen LogP contribution in [0.2, 0.25) is 0 Å². The van der Waals surface area contributed by atoms with Gasteiger partial charge in [0.05, 0.1) is 11.7 Å². The van der Waals surface area contributed by atoms with Crippen molar-refractivity contribution in [1.82, 2.24) is 14.5 Å². The highest BCUT2D eigenvalue weighted by Gasteiger charge is 2.14. The van der Waals surface area contributed by atoms with Crippen LogP contribution in [0.25, 0.3) is 10.2 Å². The fraction of sp³-hybridized carbons (Fsp3) is 0.316. The monoisotopic (exact) mass is 370 g/mol. The van der Waals surface area contributed by atoms with Gasteiger partial charge in [-0.05, 0) is 30.0 Å². The van der Waals surface area contributed by atoms with Crippen LogP contribution in [-0.4, -0.2) is 33.4 Å². The van der Waals surface area contributed by atoms with Gasteiger partial charge in [-0.25, -0.2) is 4.98 Å². The molecule has 0 aliphatic rings. The van der Waals surface area contributed by atoms with Crippen LogP contribution in [0, 0.1) is 0 Å². The van der Waals surface area contributed by atoms with E-state index in [1.807, 2.05) is 40.6 Å². The second-order valence-corrected chi connectivity index (χ2v) is 6.97. The molecule has 0 aliphatic heterocycles. The lowest BCUT2D eigenvalue weighted by Gasteiger charge is -2.23. The molecule has 2 aromatic heterocycles. The van der Waals surface area contributed by atoms with E-state index in [2.05, 4.69) is 4.98 Å². The molecule has 0 spiro atoms. The molecule has 0 saturated heterocycles. The topological polar surface area (TPSA) is 81.2 Å². The van der Waals surface area contributed by atoms with Crippen LogP contribution in [0.3, 0.4) is 0 Å². The Morgan fingerprint density at radius 1 is 1.23 bits per heavy atom. The number of amides is 1. The minimum absolute atomic E-state index is 0.0135. The van der Waals surface area contributed by atoms with Crippen molar-refractivity contribution >= 4 is 27.5 Å². The first-order valence-electron chi connectivity index (χ1n) is 8.63. The molecule has 2 heterocycles. The van der Waals surface area contributed by atoms with E-state index in [9.17, 15) is 9.59 Å². The second kappa shape index (κ2) is 8.73. The van der Waals surface area contributed by atoms with E-state index in [4.69, 9.17) is 5.73 Å². The number of hydrogen-bond donors (Lipinski definition) is 1. The van der Waals surface area contributed by atoms with Gasteiger partial charge in [-0.3, -0.25) is 14.2 Å². The zero-order chi connectivity index (χ0) is 18.4. The first kappa shape index (κ1) is 18.3. The normalized spacial score (nSPS) is 11.0. The van der Waals surface area contributed by atoms with Crippen molar-refractivity contribution in [3.63, 3.8) is 0 Å². The van der Waals surface area contributed by atoms with Crippen LogP contribution in [0.5, 0.6) is 0 Å². The van der Waals surface area contributed by atoms with Gasteiger partial charge in [-0.2, -0.15) is 0 Å². The Morgan fingerprint density at radius 2 is 2.04 bits per heavy atom. The van der Waals surface area contributed by atoms with E-state index >= 15 is 0 Å². The molecule has 1 amide bonds. The number of nitrogens with zero attached hydrogens (tertiary/aromatic N) is 3. The van der Waals surface area contributed by atoms with E-state index < -0.39 is 0 Å². The summed E-state index contributed by atoms with van der Waals surface area (Å²) < 4.78 is 1.51. The number of hydrogen-bond acceptors (Lipinski definition) is 5. The van der Waals surface area contributed by atoms with Crippen LogP contribution in [0.15, 0.2) is 52.9 Å². The molecule has 1 aromatic carbocycles. The van der Waals surface area contributed by atoms with Crippen molar-refractivity contribution in [3.05, 3.63) is 64.0 Å². The van der Waals surface area contributed by atoms with Crippen molar-refractivity contribution < 1.29 is 4.79 Å². The molecule has 26 heavy (non-hydrogen) atoms. The first-order chi connectivity index (χ1) is 12.7. The second-order valence-electron chi connectivity index (χ2n) is 6.08. The fourth-order valence-electron chi connectivity index (χ4n) is 2.80. The van der Waals surface area contributed by atoms with Crippen LogP contribution in [-0.2, 0) is 17.9 Å². The molecule has 2 N–H and O–H groups in total. The Hall–Kier alpha value is -2.51. The minimum atomic E-state index is -0.0967. The predicted molar refractivity (Wildman–Crippen MR) is 104 cm³/mol. The van der Waals surface area contributed by atoms with Gasteiger partial charge in [0.25, 0.3) is 5.56 Å². The fourth-order valence-corrected chi connectivity index (χ4v) is 3.53. The summed E-state index contributed by atoms with van der Waals surface area (Å²) in [4.78, 5) is 31.9. The number of thiophene rings is 1. The molecule has 0 radical (unpaired) electrons. The zero-order valence-corrected chi connectivity index (χ0v) is 15.3. The summed E-state index contributed by atoms with van der Waals surface area (Å²) in [6.07, 6.45) is 2.53. The van der Waals surface area contributed by atoms with Crippen molar-refractivity contribution in [1.29, 1.82) is 0 Å². The number of carbonyl (C=O) groups excluding carboxylic acids is 1. The average molecular weight is 370 g/mol. The molecule has 0 aliphatic carbocycles. The quantitative estimate of drug-likeness (QED) is 0.659. The number of aromatic nitrogens is 2. The molecule has 0 saturated carbocycles. The van der Waals surface area contributed by atoms with Crippen molar-refractivity contribution in [2.45, 2.75) is 25.9 Å². The summed E-state index contributed by atoms with van der Waals surface area (Å²) in [6, 6.07) is 11.7. The number of fused-ring (bicyclic) bond motifs is 1. The van der Waals surface area contributed by atoms with E-state index in [0.29, 0.717) is 31.6 Å². The van der Waals surface area contributed by atoms with Gasteiger partial charge < -0.3 is 10.6 Å². The summed E-state index contributed by atoms with van der Waals surface area (Å²) in [6.45, 7) is 2.03. The molecule has 0 bridgehead atoms. The molecule has 0 fully saturated rings. The van der Waals surface area contributed by atoms with Gasteiger partial charge in [0.1, 0.15) is 4.83 Å². The van der Waals surface area contributed by atoms with Crippen molar-refractivity contribution in [2.24, 2.45) is 5.73 Å². The third kappa shape index (κ3) is 4.36. The number of nitrogens with two attached hydrogens (primary N) is 1. The maximum absolute atomic E-state index is 12.7. The van der Waals surface area contributed by atoms with Crippen LogP contribution < -0.4 is 11.3 Å². The van der Waals surface area contributed by atoms with E-state index in [-0.39, 0.29) is 17.9 Å². The van der Waals surface area contributed by atoms with Gasteiger partial charge in [-0.15, -0.1) is 11.3 Å². The largest absolute Gasteiger partial charge is 0.338 e. The summed E-state index contributed by atoms with van der Waals surface area (Å²) in [7, 11) is 0. The van der Waals surface area contributed by atoms with Gasteiger partial charge in [-0.1, -0.05) is 30.3 Å². The van der Waals surface area contributed by atoms with E-state index in [1.165, 1.54) is 22.2 Å². The number of aryl methyl sites for hydroxylation is 1. The Balaban J connectivity index is 1.68. The predicted octanol–water partition coefficient (Wildman–Crippen LogP) is 2.23. The maximum Gasteiger partial charge on any atom is 0.262 e. The average Bonchev–Trinajstić information content (AvgIpc) is 3.15. The Morgan fingerprint density at radius 3 is 2.81 bits per heavy atom. The molecule has 0 atom stereocenters. The molecular weight excluding hydrogens is 348 g/mol. The van der Waals surface area contributed by atoms with Gasteiger partial charge in [0, 0.05) is 26.1 Å². The van der Waals surface area contributed by atoms with Crippen LogP contribution in [0.4, 0.5) is 0 Å². The molecular formula is C19H22N4O2S. The number of carbonyl (C=O) groups is 1. The Bertz CT molecular complexity index is 920. The van der Waals surface area contributed by atoms with Gasteiger partial charge in [0.15, 0.2) is 0 Å². The molecule has 3 rings (SSSR count). The van der Waals surface area contributed by atoms with Gasteiger partial charge in [0.2, 0.25) is 5.91 Å². The summed E-state index contributed by atoms with van der Waals surface area (Å²) in [5, 5.41) is 2.46. The third-order valence-corrected chi connectivity index (χ3v) is 5.04. The lowest BCUT2D eigenvalue weighted by atomic mass is 10.2. The number of rotatable bonds is 8. The third-order valence-electron chi connectivity index (χ3n) is 4.22. The molecule has 0 unspecified atom stereocenters. The standard InChI is InChI=1S/C19H22N4O2S/c20-9-4-10-22(13-15-5-2-1-3-6-15)17(24)7-11-23-14-21-18-16(19(23)25)8-12-26-18/h1-3,5-6,8,12,14H,4,7,9-11,13,20H2. The molecule has 7 heteroatoms. The lowest BCUT2D eigenvalue weighted by Crippen LogP contribution is -2.34. The first-order valence-corrected chi connectivity index (χ1v) is 9.51. The summed E-state index contributed by atoms with van der Waals surface area (Å²) >= 11 is 1.44. The number of benzene rings is 1. The van der Waals surface area contributed by atoms with Crippen LogP contribution in [0.1, 0.15) is 18.4 Å². The Labute approximate surface area is 155 Å².